The number of anilines is 1. The SMILES string of the molecule is O=C(CSc1nnc(NCc2ccccc2)s1)NCc1ccc(F)cc1. The maximum absolute atomic E-state index is 12.8. The number of aromatic nitrogens is 2. The first-order chi connectivity index (χ1) is 12.7. The van der Waals surface area contributed by atoms with E-state index in [2.05, 4.69) is 20.8 Å². The summed E-state index contributed by atoms with van der Waals surface area (Å²) < 4.78 is 13.6. The number of carbonyl (C=O) groups excluding carboxylic acids is 1. The maximum atomic E-state index is 12.8. The van der Waals surface area contributed by atoms with Crippen LogP contribution in [0.5, 0.6) is 0 Å². The van der Waals surface area contributed by atoms with Crippen molar-refractivity contribution in [2.75, 3.05) is 11.1 Å². The van der Waals surface area contributed by atoms with Crippen molar-refractivity contribution in [3.8, 4) is 0 Å². The van der Waals surface area contributed by atoms with Crippen molar-refractivity contribution >= 4 is 34.1 Å². The third kappa shape index (κ3) is 5.82. The molecule has 0 spiro atoms. The average Bonchev–Trinajstić information content (AvgIpc) is 3.13. The fraction of sp³-hybridized carbons (Fsp3) is 0.167. The molecule has 0 aliphatic rings. The van der Waals surface area contributed by atoms with Gasteiger partial charge in [-0.2, -0.15) is 0 Å². The molecule has 0 bridgehead atoms. The van der Waals surface area contributed by atoms with E-state index in [9.17, 15) is 9.18 Å². The first-order valence-corrected chi connectivity index (χ1v) is 9.74. The number of nitrogens with zero attached hydrogens (tertiary/aromatic N) is 2. The Morgan fingerprint density at radius 1 is 1.00 bits per heavy atom. The van der Waals surface area contributed by atoms with Crippen LogP contribution in [0.1, 0.15) is 11.1 Å². The summed E-state index contributed by atoms with van der Waals surface area (Å²) in [5.41, 5.74) is 2.02. The second-order valence-corrected chi connectivity index (χ2v) is 7.60. The minimum absolute atomic E-state index is 0.103. The molecule has 2 N–H and O–H groups in total. The number of nitrogens with one attached hydrogen (secondary N) is 2. The molecule has 0 fully saturated rings. The summed E-state index contributed by atoms with van der Waals surface area (Å²) in [5, 5.41) is 14.9. The first-order valence-electron chi connectivity index (χ1n) is 7.94. The summed E-state index contributed by atoms with van der Waals surface area (Å²) in [6.45, 7) is 1.05. The highest BCUT2D eigenvalue weighted by molar-refractivity contribution is 8.01. The summed E-state index contributed by atoms with van der Waals surface area (Å²) in [7, 11) is 0. The smallest absolute Gasteiger partial charge is 0.230 e. The number of amides is 1. The molecule has 0 unspecified atom stereocenters. The second-order valence-electron chi connectivity index (χ2n) is 5.40. The summed E-state index contributed by atoms with van der Waals surface area (Å²) in [4.78, 5) is 11.9. The van der Waals surface area contributed by atoms with Gasteiger partial charge < -0.3 is 10.6 Å². The van der Waals surface area contributed by atoms with E-state index in [1.165, 1.54) is 35.2 Å². The van der Waals surface area contributed by atoms with E-state index in [4.69, 9.17) is 0 Å². The molecule has 1 heterocycles. The van der Waals surface area contributed by atoms with Gasteiger partial charge in [0, 0.05) is 13.1 Å². The summed E-state index contributed by atoms with van der Waals surface area (Å²) in [5.74, 6) is -0.133. The maximum Gasteiger partial charge on any atom is 0.230 e. The fourth-order valence-electron chi connectivity index (χ4n) is 2.09. The van der Waals surface area contributed by atoms with Gasteiger partial charge in [0.15, 0.2) is 4.34 Å². The van der Waals surface area contributed by atoms with Crippen LogP contribution in [0.2, 0.25) is 0 Å². The zero-order chi connectivity index (χ0) is 18.2. The third-order valence-electron chi connectivity index (χ3n) is 3.42. The van der Waals surface area contributed by atoms with Gasteiger partial charge in [-0.1, -0.05) is 65.6 Å². The van der Waals surface area contributed by atoms with Crippen LogP contribution >= 0.6 is 23.1 Å². The van der Waals surface area contributed by atoms with Gasteiger partial charge in [-0.05, 0) is 23.3 Å². The Morgan fingerprint density at radius 3 is 2.50 bits per heavy atom. The Kier molecular flexibility index (Phi) is 6.56. The predicted octanol–water partition coefficient (Wildman–Crippen LogP) is 3.70. The zero-order valence-electron chi connectivity index (χ0n) is 13.8. The summed E-state index contributed by atoms with van der Waals surface area (Å²) in [6, 6.07) is 16.1. The molecular weight excluding hydrogens is 371 g/mol. The van der Waals surface area contributed by atoms with Crippen LogP contribution in [0.3, 0.4) is 0 Å². The normalized spacial score (nSPS) is 10.5. The van der Waals surface area contributed by atoms with Crippen molar-refractivity contribution < 1.29 is 9.18 Å². The number of carbonyl (C=O) groups is 1. The van der Waals surface area contributed by atoms with Gasteiger partial charge in [0.25, 0.3) is 0 Å². The molecule has 134 valence electrons. The minimum Gasteiger partial charge on any atom is -0.356 e. The highest BCUT2D eigenvalue weighted by Crippen LogP contribution is 2.25. The quantitative estimate of drug-likeness (QED) is 0.576. The van der Waals surface area contributed by atoms with E-state index in [1.807, 2.05) is 30.3 Å². The number of hydrogen-bond donors (Lipinski definition) is 2. The van der Waals surface area contributed by atoms with Crippen molar-refractivity contribution in [3.63, 3.8) is 0 Å². The summed E-state index contributed by atoms with van der Waals surface area (Å²) in [6.07, 6.45) is 0. The lowest BCUT2D eigenvalue weighted by Gasteiger charge is -2.04. The number of benzene rings is 2. The Balaban J connectivity index is 1.39. The van der Waals surface area contributed by atoms with Crippen LogP contribution in [0.25, 0.3) is 0 Å². The molecule has 0 atom stereocenters. The second kappa shape index (κ2) is 9.30. The molecule has 3 rings (SSSR count). The van der Waals surface area contributed by atoms with Crippen LogP contribution in [0.4, 0.5) is 9.52 Å². The Morgan fingerprint density at radius 2 is 1.73 bits per heavy atom. The lowest BCUT2D eigenvalue weighted by atomic mass is 10.2. The fourth-order valence-corrected chi connectivity index (χ4v) is 3.67. The van der Waals surface area contributed by atoms with E-state index in [1.54, 1.807) is 12.1 Å². The van der Waals surface area contributed by atoms with Gasteiger partial charge in [-0.15, -0.1) is 10.2 Å². The lowest BCUT2D eigenvalue weighted by molar-refractivity contribution is -0.118. The molecule has 3 aromatic rings. The standard InChI is InChI=1S/C18H17FN4OS2/c19-15-8-6-14(7-9-15)10-20-16(24)12-25-18-23-22-17(26-18)21-11-13-4-2-1-3-5-13/h1-9H,10-12H2,(H,20,24)(H,21,22). The largest absolute Gasteiger partial charge is 0.356 e. The molecule has 0 radical (unpaired) electrons. The van der Waals surface area contributed by atoms with Crippen LogP contribution in [0.15, 0.2) is 58.9 Å². The summed E-state index contributed by atoms with van der Waals surface area (Å²) >= 11 is 2.76. The predicted molar refractivity (Wildman–Crippen MR) is 103 cm³/mol. The van der Waals surface area contributed by atoms with Crippen molar-refractivity contribution in [3.05, 3.63) is 71.5 Å². The molecular formula is C18H17FN4OS2. The Bertz CT molecular complexity index is 840. The van der Waals surface area contributed by atoms with E-state index in [0.29, 0.717) is 13.1 Å². The van der Waals surface area contributed by atoms with E-state index in [0.717, 1.165) is 20.6 Å². The topological polar surface area (TPSA) is 66.9 Å². The molecule has 0 saturated heterocycles. The molecule has 5 nitrogen and oxygen atoms in total. The first kappa shape index (κ1) is 18.3. The van der Waals surface area contributed by atoms with Crippen molar-refractivity contribution in [1.82, 2.24) is 15.5 Å². The number of hydrogen-bond acceptors (Lipinski definition) is 6. The number of rotatable bonds is 8. The average molecular weight is 388 g/mol. The van der Waals surface area contributed by atoms with E-state index >= 15 is 0 Å². The van der Waals surface area contributed by atoms with Crippen molar-refractivity contribution in [1.29, 1.82) is 0 Å². The minimum atomic E-state index is -0.288. The molecule has 1 amide bonds. The third-order valence-corrected chi connectivity index (χ3v) is 5.44. The molecule has 0 aliphatic carbocycles. The Hall–Kier alpha value is -2.45. The molecule has 2 aromatic carbocycles. The lowest BCUT2D eigenvalue weighted by Crippen LogP contribution is -2.24. The highest BCUT2D eigenvalue weighted by atomic mass is 32.2. The van der Waals surface area contributed by atoms with Gasteiger partial charge in [0.05, 0.1) is 5.75 Å². The van der Waals surface area contributed by atoms with Crippen molar-refractivity contribution in [2.24, 2.45) is 0 Å². The van der Waals surface area contributed by atoms with Crippen molar-refractivity contribution in [2.45, 2.75) is 17.4 Å². The molecule has 26 heavy (non-hydrogen) atoms. The molecule has 8 heteroatoms. The van der Waals surface area contributed by atoms with Gasteiger partial charge in [-0.25, -0.2) is 4.39 Å². The van der Waals surface area contributed by atoms with Gasteiger partial charge in [0.1, 0.15) is 5.82 Å². The molecule has 0 aliphatic heterocycles. The monoisotopic (exact) mass is 388 g/mol. The van der Waals surface area contributed by atoms with E-state index in [-0.39, 0.29) is 17.5 Å². The van der Waals surface area contributed by atoms with Crippen LogP contribution < -0.4 is 10.6 Å². The molecule has 1 aromatic heterocycles. The highest BCUT2D eigenvalue weighted by Gasteiger charge is 2.08. The van der Waals surface area contributed by atoms with E-state index < -0.39 is 0 Å². The number of thioether (sulfide) groups is 1. The molecule has 0 saturated carbocycles. The van der Waals surface area contributed by atoms with Crippen LogP contribution in [-0.2, 0) is 17.9 Å². The van der Waals surface area contributed by atoms with Crippen LogP contribution in [0, 0.1) is 5.82 Å². The Labute approximate surface area is 159 Å². The van der Waals surface area contributed by atoms with Gasteiger partial charge >= 0.3 is 0 Å². The van der Waals surface area contributed by atoms with Gasteiger partial charge in [-0.3, -0.25) is 4.79 Å². The number of halogens is 1. The van der Waals surface area contributed by atoms with Gasteiger partial charge in [0.2, 0.25) is 11.0 Å². The zero-order valence-corrected chi connectivity index (χ0v) is 15.4. The van der Waals surface area contributed by atoms with Crippen LogP contribution in [-0.4, -0.2) is 21.9 Å².